The second kappa shape index (κ2) is 19.3. The van der Waals surface area contributed by atoms with E-state index in [0.29, 0.717) is 11.8 Å². The number of ether oxygens (including phenoxy) is 5. The van der Waals surface area contributed by atoms with Crippen molar-refractivity contribution in [3.63, 3.8) is 0 Å². The predicted octanol–water partition coefficient (Wildman–Crippen LogP) is 11.6. The molecule has 0 N–H and O–H groups in total. The maximum atomic E-state index is 13.3. The molecular weight excluding hydrogens is 761 g/mol. The number of esters is 3. The van der Waals surface area contributed by atoms with Crippen LogP contribution in [-0.2, 0) is 19.0 Å². The van der Waals surface area contributed by atoms with Gasteiger partial charge in [-0.05, 0) is 48.6 Å². The lowest BCUT2D eigenvalue weighted by Crippen LogP contribution is -2.23. The van der Waals surface area contributed by atoms with Gasteiger partial charge in [0.15, 0.2) is 11.5 Å². The summed E-state index contributed by atoms with van der Waals surface area (Å²) in [5.41, 5.74) is -0.518. The molecule has 0 saturated carbocycles. The van der Waals surface area contributed by atoms with Gasteiger partial charge in [-0.15, -0.1) is 0 Å². The SMILES string of the molecule is CCCC(C)C(CC)COC(=O)c1c(Cl)c(Cl)cc(Cl)c1OC(=O)C1OC1Oc1c(Cl)cc(Cl)c(Cl)c1C(=O)OCC(CC)C(C)CCC. The van der Waals surface area contributed by atoms with Gasteiger partial charge in [0.05, 0.1) is 43.3 Å². The number of hydrogen-bond donors (Lipinski definition) is 0. The summed E-state index contributed by atoms with van der Waals surface area (Å²) in [6, 6.07) is 2.54. The lowest BCUT2D eigenvalue weighted by Gasteiger charge is -2.22. The molecule has 1 heterocycles. The van der Waals surface area contributed by atoms with E-state index in [1.807, 2.05) is 13.8 Å². The number of halogens is 6. The topological polar surface area (TPSA) is 101 Å². The highest BCUT2D eigenvalue weighted by molar-refractivity contribution is 6.46. The van der Waals surface area contributed by atoms with Crippen molar-refractivity contribution in [2.45, 2.75) is 92.5 Å². The highest BCUT2D eigenvalue weighted by Gasteiger charge is 2.51. The molecule has 3 rings (SSSR count). The molecule has 0 amide bonds. The zero-order chi connectivity index (χ0) is 36.6. The summed E-state index contributed by atoms with van der Waals surface area (Å²) < 4.78 is 28.0. The summed E-state index contributed by atoms with van der Waals surface area (Å²) in [6.45, 7) is 12.7. The molecule has 1 aliphatic rings. The molecule has 14 heteroatoms. The molecule has 1 saturated heterocycles. The molecule has 272 valence electrons. The largest absolute Gasteiger partial charge is 0.462 e. The normalized spacial score (nSPS) is 17.9. The Morgan fingerprint density at radius 2 is 1.12 bits per heavy atom. The van der Waals surface area contributed by atoms with Crippen LogP contribution in [0.1, 0.15) is 101 Å². The summed E-state index contributed by atoms with van der Waals surface area (Å²) in [7, 11) is 0. The Morgan fingerprint density at radius 1 is 0.694 bits per heavy atom. The van der Waals surface area contributed by atoms with Crippen LogP contribution in [0, 0.1) is 23.7 Å². The average Bonchev–Trinajstić information content (AvgIpc) is 3.82. The Hall–Kier alpha value is -1.65. The first kappa shape index (κ1) is 41.8. The number of rotatable bonds is 18. The summed E-state index contributed by atoms with van der Waals surface area (Å²) in [5, 5.41) is -0.586. The van der Waals surface area contributed by atoms with E-state index in [1.165, 1.54) is 12.1 Å². The quantitative estimate of drug-likeness (QED) is 0.0636. The van der Waals surface area contributed by atoms with E-state index in [9.17, 15) is 14.4 Å². The van der Waals surface area contributed by atoms with Gasteiger partial charge in [-0.25, -0.2) is 14.4 Å². The lowest BCUT2D eigenvalue weighted by atomic mass is 9.89. The van der Waals surface area contributed by atoms with Gasteiger partial charge in [0.1, 0.15) is 11.1 Å². The molecule has 6 unspecified atom stereocenters. The lowest BCUT2D eigenvalue weighted by molar-refractivity contribution is -0.135. The number of benzene rings is 2. The fourth-order valence-electron chi connectivity index (χ4n) is 5.63. The van der Waals surface area contributed by atoms with E-state index in [2.05, 4.69) is 27.7 Å². The van der Waals surface area contributed by atoms with Gasteiger partial charge in [0, 0.05) is 0 Å². The van der Waals surface area contributed by atoms with E-state index in [4.69, 9.17) is 93.3 Å². The first-order valence-corrected chi connectivity index (χ1v) is 18.7. The second-order valence-electron chi connectivity index (χ2n) is 12.2. The Morgan fingerprint density at radius 3 is 1.55 bits per heavy atom. The molecule has 0 bridgehead atoms. The van der Waals surface area contributed by atoms with Crippen LogP contribution >= 0.6 is 69.6 Å². The zero-order valence-electron chi connectivity index (χ0n) is 28.3. The van der Waals surface area contributed by atoms with Crippen LogP contribution in [0.5, 0.6) is 11.5 Å². The van der Waals surface area contributed by atoms with Crippen LogP contribution in [0.3, 0.4) is 0 Å². The standard InChI is InChI=1S/C35H42Cl6O8/c1-7-11-17(5)19(9-3)15-45-32(42)25-27(40)21(36)13-23(38)29(25)47-34(44)31-35(49-31)48-30-24(39)14-22(37)28(41)26(30)33(43)46-16-20(10-4)18(6)12-8-2/h13-14,17-20,31,35H,7-12,15-16H2,1-6H3. The monoisotopic (exact) mass is 800 g/mol. The van der Waals surface area contributed by atoms with Crippen molar-refractivity contribution >= 4 is 87.5 Å². The third-order valence-electron chi connectivity index (χ3n) is 8.79. The Balaban J connectivity index is 1.79. The molecule has 1 fully saturated rings. The van der Waals surface area contributed by atoms with Crippen LogP contribution in [0.4, 0.5) is 0 Å². The maximum absolute atomic E-state index is 13.3. The first-order chi connectivity index (χ1) is 23.2. The van der Waals surface area contributed by atoms with Crippen LogP contribution < -0.4 is 9.47 Å². The van der Waals surface area contributed by atoms with Gasteiger partial charge >= 0.3 is 17.9 Å². The predicted molar refractivity (Wildman–Crippen MR) is 194 cm³/mol. The van der Waals surface area contributed by atoms with Gasteiger partial charge in [-0.1, -0.05) is 137 Å². The van der Waals surface area contributed by atoms with Gasteiger partial charge in [0.2, 0.25) is 12.4 Å². The molecule has 49 heavy (non-hydrogen) atoms. The van der Waals surface area contributed by atoms with Gasteiger partial charge in [-0.3, -0.25) is 0 Å². The zero-order valence-corrected chi connectivity index (χ0v) is 32.8. The summed E-state index contributed by atoms with van der Waals surface area (Å²) >= 11 is 38.1. The summed E-state index contributed by atoms with van der Waals surface area (Å²) in [6.07, 6.45) is 3.01. The minimum atomic E-state index is -1.30. The molecule has 6 atom stereocenters. The van der Waals surface area contributed by atoms with Crippen molar-refractivity contribution in [1.82, 2.24) is 0 Å². The fraction of sp³-hybridized carbons (Fsp3) is 0.571. The molecule has 0 spiro atoms. The Labute approximate surface area is 318 Å². The molecule has 2 aromatic carbocycles. The Bertz CT molecular complexity index is 1500. The average molecular weight is 803 g/mol. The van der Waals surface area contributed by atoms with Crippen molar-refractivity contribution in [2.75, 3.05) is 13.2 Å². The van der Waals surface area contributed by atoms with E-state index in [-0.39, 0.29) is 77.8 Å². The van der Waals surface area contributed by atoms with Crippen LogP contribution in [0.2, 0.25) is 30.1 Å². The molecule has 0 aliphatic carbocycles. The van der Waals surface area contributed by atoms with E-state index >= 15 is 0 Å². The van der Waals surface area contributed by atoms with Crippen LogP contribution in [0.15, 0.2) is 12.1 Å². The third-order valence-corrected chi connectivity index (χ3v) is 10.9. The highest BCUT2D eigenvalue weighted by Crippen LogP contribution is 2.44. The molecule has 0 radical (unpaired) electrons. The Kier molecular flexibility index (Phi) is 16.4. The van der Waals surface area contributed by atoms with E-state index in [0.717, 1.165) is 38.5 Å². The van der Waals surface area contributed by atoms with E-state index < -0.39 is 30.3 Å². The molecular formula is C35H42Cl6O8. The van der Waals surface area contributed by atoms with Crippen LogP contribution in [-0.4, -0.2) is 43.5 Å². The summed E-state index contributed by atoms with van der Waals surface area (Å²) in [5.74, 6) is -2.29. The minimum Gasteiger partial charge on any atom is -0.462 e. The smallest absolute Gasteiger partial charge is 0.347 e. The molecule has 8 nitrogen and oxygen atoms in total. The molecule has 2 aromatic rings. The van der Waals surface area contributed by atoms with Crippen molar-refractivity contribution in [2.24, 2.45) is 23.7 Å². The van der Waals surface area contributed by atoms with Crippen molar-refractivity contribution in [3.05, 3.63) is 53.4 Å². The number of hydrogen-bond acceptors (Lipinski definition) is 8. The van der Waals surface area contributed by atoms with Crippen LogP contribution in [0.25, 0.3) is 0 Å². The van der Waals surface area contributed by atoms with Crippen molar-refractivity contribution < 1.29 is 38.1 Å². The number of carbonyl (C=O) groups excluding carboxylic acids is 3. The highest BCUT2D eigenvalue weighted by atomic mass is 35.5. The van der Waals surface area contributed by atoms with Gasteiger partial charge in [0.25, 0.3) is 0 Å². The molecule has 0 aromatic heterocycles. The second-order valence-corrected chi connectivity index (χ2v) is 14.6. The van der Waals surface area contributed by atoms with Crippen molar-refractivity contribution in [3.8, 4) is 11.5 Å². The number of carbonyl (C=O) groups is 3. The van der Waals surface area contributed by atoms with Crippen molar-refractivity contribution in [1.29, 1.82) is 0 Å². The molecule has 1 aliphatic heterocycles. The minimum absolute atomic E-state index is 0.00351. The van der Waals surface area contributed by atoms with Gasteiger partial charge in [-0.2, -0.15) is 0 Å². The summed E-state index contributed by atoms with van der Waals surface area (Å²) in [4.78, 5) is 39.8. The maximum Gasteiger partial charge on any atom is 0.347 e. The number of epoxide rings is 1. The fourth-order valence-corrected chi connectivity index (χ4v) is 7.07. The van der Waals surface area contributed by atoms with E-state index in [1.54, 1.807) is 0 Å². The third kappa shape index (κ3) is 10.7. The van der Waals surface area contributed by atoms with Gasteiger partial charge < -0.3 is 23.7 Å². The first-order valence-electron chi connectivity index (χ1n) is 16.4.